The highest BCUT2D eigenvalue weighted by Crippen LogP contribution is 2.46. The first-order valence-electron chi connectivity index (χ1n) is 10.2. The van der Waals surface area contributed by atoms with Crippen LogP contribution in [-0.4, -0.2) is 52.8 Å². The van der Waals surface area contributed by atoms with Crippen LogP contribution in [0.5, 0.6) is 0 Å². The molecular formula is C22H37N3O4. The molecule has 2 atom stereocenters. The van der Waals surface area contributed by atoms with Gasteiger partial charge in [0.25, 0.3) is 0 Å². The van der Waals surface area contributed by atoms with Gasteiger partial charge in [0.1, 0.15) is 0 Å². The van der Waals surface area contributed by atoms with Crippen molar-refractivity contribution < 1.29 is 19.5 Å². The number of aliphatic carboxylic acids is 1. The van der Waals surface area contributed by atoms with Crippen LogP contribution in [0.4, 0.5) is 4.79 Å². The van der Waals surface area contributed by atoms with E-state index in [0.717, 1.165) is 19.3 Å². The predicted molar refractivity (Wildman–Crippen MR) is 114 cm³/mol. The second-order valence-electron chi connectivity index (χ2n) is 10.4. The fourth-order valence-electron chi connectivity index (χ4n) is 4.50. The average Bonchev–Trinajstić information content (AvgIpc) is 2.53. The Morgan fingerprint density at radius 2 is 1.90 bits per heavy atom. The zero-order valence-corrected chi connectivity index (χ0v) is 19.0. The minimum absolute atomic E-state index is 0.0333. The van der Waals surface area contributed by atoms with Gasteiger partial charge in [-0.15, -0.1) is 0 Å². The molecule has 1 aliphatic rings. The van der Waals surface area contributed by atoms with Crippen molar-refractivity contribution in [3.8, 4) is 0 Å². The quantitative estimate of drug-likeness (QED) is 0.376. The summed E-state index contributed by atoms with van der Waals surface area (Å²) in [5, 5.41) is 12.1. The average molecular weight is 408 g/mol. The summed E-state index contributed by atoms with van der Waals surface area (Å²) in [6.07, 6.45) is 6.32. The number of carboxylic acid groups (broad SMARTS) is 1. The minimum Gasteiger partial charge on any atom is -0.478 e. The molecule has 0 spiro atoms. The van der Waals surface area contributed by atoms with Crippen molar-refractivity contribution in [1.29, 1.82) is 0 Å². The van der Waals surface area contributed by atoms with Crippen LogP contribution < -0.4 is 5.32 Å². The number of nitrogens with one attached hydrogen (secondary N) is 1. The Hall–Kier alpha value is -2.14. The fourth-order valence-corrected chi connectivity index (χ4v) is 4.50. The van der Waals surface area contributed by atoms with E-state index in [1.54, 1.807) is 24.0 Å². The van der Waals surface area contributed by atoms with Crippen molar-refractivity contribution in [2.75, 3.05) is 13.1 Å². The normalized spacial score (nSPS) is 24.4. The molecule has 0 bridgehead atoms. The Kier molecular flexibility index (Phi) is 8.22. The Labute approximate surface area is 174 Å². The van der Waals surface area contributed by atoms with Gasteiger partial charge >= 0.3 is 12.0 Å². The first kappa shape index (κ1) is 24.9. The molecule has 0 heterocycles. The second kappa shape index (κ2) is 9.57. The van der Waals surface area contributed by atoms with Gasteiger partial charge in [0.2, 0.25) is 6.08 Å². The molecule has 7 heteroatoms. The van der Waals surface area contributed by atoms with Gasteiger partial charge in [0.15, 0.2) is 0 Å². The van der Waals surface area contributed by atoms with Crippen LogP contribution in [0.2, 0.25) is 0 Å². The lowest BCUT2D eigenvalue weighted by Gasteiger charge is -2.45. The van der Waals surface area contributed by atoms with Crippen molar-refractivity contribution in [2.45, 2.75) is 85.7 Å². The highest BCUT2D eigenvalue weighted by molar-refractivity contribution is 5.85. The van der Waals surface area contributed by atoms with Crippen LogP contribution in [0.3, 0.4) is 0 Å². The number of carbonyl (C=O) groups is 2. The molecule has 1 rings (SSSR count). The predicted octanol–water partition coefficient (Wildman–Crippen LogP) is 4.14. The number of amides is 2. The molecule has 2 N–H and O–H groups in total. The monoisotopic (exact) mass is 407 g/mol. The number of carboxylic acids is 1. The molecule has 0 aliphatic heterocycles. The van der Waals surface area contributed by atoms with Gasteiger partial charge in [-0.25, -0.2) is 19.4 Å². The second-order valence-corrected chi connectivity index (χ2v) is 10.4. The van der Waals surface area contributed by atoms with E-state index in [0.29, 0.717) is 19.5 Å². The first-order valence-corrected chi connectivity index (χ1v) is 10.2. The summed E-state index contributed by atoms with van der Waals surface area (Å²) in [7, 11) is 0. The third-order valence-corrected chi connectivity index (χ3v) is 5.52. The molecule has 1 saturated carbocycles. The van der Waals surface area contributed by atoms with E-state index >= 15 is 0 Å². The number of rotatable bonds is 7. The third-order valence-electron chi connectivity index (χ3n) is 5.52. The molecule has 0 aromatic rings. The van der Waals surface area contributed by atoms with Crippen molar-refractivity contribution in [3.05, 3.63) is 11.6 Å². The number of isocyanates is 1. The number of hydrogen-bond acceptors (Lipinski definition) is 4. The molecule has 2 amide bonds. The van der Waals surface area contributed by atoms with E-state index in [4.69, 9.17) is 5.11 Å². The van der Waals surface area contributed by atoms with Crippen molar-refractivity contribution >= 4 is 18.1 Å². The molecule has 1 fully saturated rings. The lowest BCUT2D eigenvalue weighted by molar-refractivity contribution is -0.132. The van der Waals surface area contributed by atoms with Crippen LogP contribution in [-0.2, 0) is 9.59 Å². The summed E-state index contributed by atoms with van der Waals surface area (Å²) in [4.78, 5) is 40.3. The summed E-state index contributed by atoms with van der Waals surface area (Å²) < 4.78 is 0. The summed E-state index contributed by atoms with van der Waals surface area (Å²) in [6.45, 7) is 14.8. The number of aliphatic imine (C=N–C) groups is 1. The number of carbonyl (C=O) groups excluding carboxylic acids is 2. The van der Waals surface area contributed by atoms with E-state index < -0.39 is 11.5 Å². The lowest BCUT2D eigenvalue weighted by atomic mass is 9.63. The summed E-state index contributed by atoms with van der Waals surface area (Å²) >= 11 is 0. The lowest BCUT2D eigenvalue weighted by Crippen LogP contribution is -2.53. The molecule has 0 radical (unpaired) electrons. The van der Waals surface area contributed by atoms with E-state index in [2.05, 4.69) is 31.1 Å². The third kappa shape index (κ3) is 8.01. The summed E-state index contributed by atoms with van der Waals surface area (Å²) in [6, 6.07) is -0.236. The molecule has 29 heavy (non-hydrogen) atoms. The van der Waals surface area contributed by atoms with Crippen molar-refractivity contribution in [1.82, 2.24) is 10.2 Å². The fraction of sp³-hybridized carbons (Fsp3) is 0.773. The van der Waals surface area contributed by atoms with E-state index in [-0.39, 0.29) is 28.5 Å². The van der Waals surface area contributed by atoms with Gasteiger partial charge in [-0.1, -0.05) is 26.8 Å². The van der Waals surface area contributed by atoms with E-state index in [1.165, 1.54) is 0 Å². The SMILES string of the molecule is CC(=CCCN(C(=O)NCC1(C)CC(N=C=O)CC(C)(C)C1)C(C)(C)C)C(=O)O. The van der Waals surface area contributed by atoms with Crippen LogP contribution >= 0.6 is 0 Å². The first-order chi connectivity index (χ1) is 13.2. The van der Waals surface area contributed by atoms with Gasteiger partial charge < -0.3 is 15.3 Å². The zero-order chi connectivity index (χ0) is 22.5. The molecular weight excluding hydrogens is 370 g/mol. The molecule has 7 nitrogen and oxygen atoms in total. The molecule has 0 aromatic carbocycles. The Morgan fingerprint density at radius 1 is 1.28 bits per heavy atom. The van der Waals surface area contributed by atoms with Gasteiger partial charge in [-0.2, -0.15) is 0 Å². The molecule has 0 aromatic heterocycles. The maximum absolute atomic E-state index is 12.9. The highest BCUT2D eigenvalue weighted by atomic mass is 16.4. The van der Waals surface area contributed by atoms with E-state index in [1.807, 2.05) is 20.8 Å². The van der Waals surface area contributed by atoms with Crippen molar-refractivity contribution in [2.24, 2.45) is 15.8 Å². The molecule has 164 valence electrons. The Balaban J connectivity index is 2.82. The van der Waals surface area contributed by atoms with Crippen molar-refractivity contribution in [3.63, 3.8) is 0 Å². The topological polar surface area (TPSA) is 99.1 Å². The summed E-state index contributed by atoms with van der Waals surface area (Å²) in [5.41, 5.74) is -0.248. The van der Waals surface area contributed by atoms with Crippen LogP contribution in [0, 0.1) is 10.8 Å². The van der Waals surface area contributed by atoms with Gasteiger partial charge in [-0.3, -0.25) is 0 Å². The smallest absolute Gasteiger partial charge is 0.330 e. The van der Waals surface area contributed by atoms with Gasteiger partial charge in [0, 0.05) is 24.2 Å². The largest absolute Gasteiger partial charge is 0.478 e. The zero-order valence-electron chi connectivity index (χ0n) is 19.0. The van der Waals surface area contributed by atoms with Gasteiger partial charge in [-0.05, 0) is 64.2 Å². The summed E-state index contributed by atoms with van der Waals surface area (Å²) in [5.74, 6) is -0.947. The highest BCUT2D eigenvalue weighted by Gasteiger charge is 2.42. The molecule has 1 aliphatic carbocycles. The number of urea groups is 1. The van der Waals surface area contributed by atoms with Crippen LogP contribution in [0.15, 0.2) is 16.6 Å². The minimum atomic E-state index is -0.947. The van der Waals surface area contributed by atoms with Gasteiger partial charge in [0.05, 0.1) is 6.04 Å². The Morgan fingerprint density at radius 3 is 2.41 bits per heavy atom. The molecule has 0 saturated heterocycles. The number of nitrogens with zero attached hydrogens (tertiary/aromatic N) is 2. The van der Waals surface area contributed by atoms with Crippen LogP contribution in [0.1, 0.15) is 74.1 Å². The Bertz CT molecular complexity index is 687. The standard InChI is InChI=1S/C22H37N3O4/c1-16(18(27)28)9-8-10-25(20(2,3)4)19(29)23-14-22(7)12-17(24-15-26)11-21(5,6)13-22/h9,17H,8,10-14H2,1-7H3,(H,23,29)(H,27,28). The van der Waals surface area contributed by atoms with Crippen LogP contribution in [0.25, 0.3) is 0 Å². The maximum Gasteiger partial charge on any atom is 0.330 e. The molecule has 2 unspecified atom stereocenters. The number of hydrogen-bond donors (Lipinski definition) is 2. The van der Waals surface area contributed by atoms with E-state index in [9.17, 15) is 14.4 Å². The maximum atomic E-state index is 12.9.